The zero-order valence-electron chi connectivity index (χ0n) is 11.1. The Kier molecular flexibility index (Phi) is 7.30. The highest BCUT2D eigenvalue weighted by atomic mass is 32.2. The van der Waals surface area contributed by atoms with E-state index in [2.05, 4.69) is 13.2 Å². The molecule has 1 saturated heterocycles. The van der Waals surface area contributed by atoms with Gasteiger partial charge in [0.25, 0.3) is 0 Å². The summed E-state index contributed by atoms with van der Waals surface area (Å²) in [5.74, 6) is 0.290. The van der Waals surface area contributed by atoms with Crippen molar-refractivity contribution in [1.82, 2.24) is 0 Å². The molecule has 0 radical (unpaired) electrons. The standard InChI is InChI=1S/C13H22O5S/c1-3-6-16-9-13(10-17-7-4-2)18-12-5-8-19(14,15)11-12/h3-4,12-13H,1-2,5-11H2/t12-/m1/s1. The van der Waals surface area contributed by atoms with Gasteiger partial charge in [0.05, 0.1) is 44.0 Å². The minimum atomic E-state index is -2.93. The van der Waals surface area contributed by atoms with Gasteiger partial charge in [0.2, 0.25) is 0 Å². The topological polar surface area (TPSA) is 61.8 Å². The molecule has 19 heavy (non-hydrogen) atoms. The SMILES string of the molecule is C=CCOCC(COCC=C)O[C@@H]1CCS(=O)(=O)C1. The number of sulfone groups is 1. The van der Waals surface area contributed by atoms with Crippen LogP contribution in [0.2, 0.25) is 0 Å². The van der Waals surface area contributed by atoms with Gasteiger partial charge in [-0.15, -0.1) is 13.2 Å². The molecule has 0 N–H and O–H groups in total. The lowest BCUT2D eigenvalue weighted by atomic mass is 10.3. The Morgan fingerprint density at radius 3 is 2.16 bits per heavy atom. The van der Waals surface area contributed by atoms with Gasteiger partial charge in [-0.3, -0.25) is 0 Å². The lowest BCUT2D eigenvalue weighted by Gasteiger charge is -2.21. The Bertz CT molecular complexity index is 362. The van der Waals surface area contributed by atoms with Gasteiger partial charge >= 0.3 is 0 Å². The van der Waals surface area contributed by atoms with Crippen LogP contribution in [0.5, 0.6) is 0 Å². The summed E-state index contributed by atoms with van der Waals surface area (Å²) in [6.07, 6.45) is 3.33. The Morgan fingerprint density at radius 2 is 1.74 bits per heavy atom. The van der Waals surface area contributed by atoms with Crippen LogP contribution in [0.25, 0.3) is 0 Å². The van der Waals surface area contributed by atoms with E-state index < -0.39 is 9.84 Å². The Balaban J connectivity index is 2.38. The van der Waals surface area contributed by atoms with Crippen molar-refractivity contribution in [2.45, 2.75) is 18.6 Å². The van der Waals surface area contributed by atoms with Crippen molar-refractivity contribution in [3.05, 3.63) is 25.3 Å². The van der Waals surface area contributed by atoms with Gasteiger partial charge in [0, 0.05) is 0 Å². The summed E-state index contributed by atoms with van der Waals surface area (Å²) in [7, 11) is -2.93. The smallest absolute Gasteiger partial charge is 0.152 e. The van der Waals surface area contributed by atoms with Crippen LogP contribution in [-0.2, 0) is 24.0 Å². The van der Waals surface area contributed by atoms with E-state index in [0.717, 1.165) is 0 Å². The molecule has 0 spiro atoms. The van der Waals surface area contributed by atoms with E-state index in [-0.39, 0.29) is 23.7 Å². The molecule has 0 aliphatic carbocycles. The first-order valence-corrected chi connectivity index (χ1v) is 8.12. The first-order chi connectivity index (χ1) is 9.07. The van der Waals surface area contributed by atoms with Gasteiger partial charge in [-0.25, -0.2) is 8.42 Å². The largest absolute Gasteiger partial charge is 0.375 e. The van der Waals surface area contributed by atoms with Crippen molar-refractivity contribution in [1.29, 1.82) is 0 Å². The van der Waals surface area contributed by atoms with Crippen molar-refractivity contribution >= 4 is 9.84 Å². The van der Waals surface area contributed by atoms with E-state index in [1.54, 1.807) is 12.2 Å². The minimum Gasteiger partial charge on any atom is -0.375 e. The first-order valence-electron chi connectivity index (χ1n) is 6.30. The van der Waals surface area contributed by atoms with Crippen molar-refractivity contribution in [2.75, 3.05) is 37.9 Å². The molecule has 1 fully saturated rings. The molecule has 110 valence electrons. The highest BCUT2D eigenvalue weighted by Gasteiger charge is 2.30. The Hall–Kier alpha value is -0.690. The first kappa shape index (κ1) is 16.4. The molecule has 1 atom stereocenters. The van der Waals surface area contributed by atoms with E-state index in [1.807, 2.05) is 0 Å². The van der Waals surface area contributed by atoms with Crippen LogP contribution in [0.3, 0.4) is 0 Å². The number of ether oxygens (including phenoxy) is 3. The quantitative estimate of drug-likeness (QED) is 0.443. The summed E-state index contributed by atoms with van der Waals surface area (Å²) >= 11 is 0. The fraction of sp³-hybridized carbons (Fsp3) is 0.692. The third-order valence-corrected chi connectivity index (χ3v) is 4.39. The predicted molar refractivity (Wildman–Crippen MR) is 74.0 cm³/mol. The number of hydrogen-bond acceptors (Lipinski definition) is 5. The lowest BCUT2D eigenvalue weighted by molar-refractivity contribution is -0.0779. The molecule has 1 rings (SSSR count). The van der Waals surface area contributed by atoms with E-state index in [4.69, 9.17) is 14.2 Å². The van der Waals surface area contributed by atoms with Crippen molar-refractivity contribution in [3.8, 4) is 0 Å². The summed E-state index contributed by atoms with van der Waals surface area (Å²) in [6.45, 7) is 8.72. The second-order valence-electron chi connectivity index (χ2n) is 4.44. The summed E-state index contributed by atoms with van der Waals surface area (Å²) in [5.41, 5.74) is 0. The van der Waals surface area contributed by atoms with Crippen molar-refractivity contribution in [2.24, 2.45) is 0 Å². The highest BCUT2D eigenvalue weighted by Crippen LogP contribution is 2.16. The fourth-order valence-corrected chi connectivity index (χ4v) is 3.43. The Labute approximate surface area is 115 Å². The molecule has 0 bridgehead atoms. The van der Waals surface area contributed by atoms with Crippen molar-refractivity contribution in [3.63, 3.8) is 0 Å². The second-order valence-corrected chi connectivity index (χ2v) is 6.66. The molecular weight excluding hydrogens is 268 g/mol. The molecule has 1 heterocycles. The molecule has 5 nitrogen and oxygen atoms in total. The maximum atomic E-state index is 11.4. The maximum absolute atomic E-state index is 11.4. The van der Waals surface area contributed by atoms with E-state index >= 15 is 0 Å². The van der Waals surface area contributed by atoms with Crippen LogP contribution >= 0.6 is 0 Å². The molecule has 0 aromatic rings. The number of hydrogen-bond donors (Lipinski definition) is 0. The summed E-state index contributed by atoms with van der Waals surface area (Å²) in [5, 5.41) is 0. The predicted octanol–water partition coefficient (Wildman–Crippen LogP) is 0.964. The summed E-state index contributed by atoms with van der Waals surface area (Å²) in [6, 6.07) is 0. The molecule has 0 aromatic heterocycles. The molecule has 6 heteroatoms. The average molecular weight is 290 g/mol. The van der Waals surface area contributed by atoms with Crippen LogP contribution in [0, 0.1) is 0 Å². The molecule has 0 aromatic carbocycles. The zero-order valence-corrected chi connectivity index (χ0v) is 11.9. The monoisotopic (exact) mass is 290 g/mol. The fourth-order valence-electron chi connectivity index (χ4n) is 1.83. The van der Waals surface area contributed by atoms with E-state index in [9.17, 15) is 8.42 Å². The van der Waals surface area contributed by atoms with Crippen LogP contribution < -0.4 is 0 Å². The van der Waals surface area contributed by atoms with Crippen molar-refractivity contribution < 1.29 is 22.6 Å². The van der Waals surface area contributed by atoms with Crippen LogP contribution in [0.4, 0.5) is 0 Å². The summed E-state index contributed by atoms with van der Waals surface area (Å²) in [4.78, 5) is 0. The highest BCUT2D eigenvalue weighted by molar-refractivity contribution is 7.91. The van der Waals surface area contributed by atoms with Gasteiger partial charge in [-0.05, 0) is 6.42 Å². The molecule has 1 aliphatic heterocycles. The molecule has 1 aliphatic rings. The second kappa shape index (κ2) is 8.47. The minimum absolute atomic E-state index is 0.0897. The van der Waals surface area contributed by atoms with Gasteiger partial charge in [-0.2, -0.15) is 0 Å². The number of rotatable bonds is 10. The van der Waals surface area contributed by atoms with E-state index in [1.165, 1.54) is 0 Å². The third kappa shape index (κ3) is 6.87. The molecule has 0 amide bonds. The average Bonchev–Trinajstić information content (AvgIpc) is 2.69. The molecular formula is C13H22O5S. The maximum Gasteiger partial charge on any atom is 0.152 e. The lowest BCUT2D eigenvalue weighted by Crippen LogP contribution is -2.31. The van der Waals surface area contributed by atoms with Gasteiger partial charge < -0.3 is 14.2 Å². The molecule has 0 saturated carbocycles. The van der Waals surface area contributed by atoms with Crippen LogP contribution in [-0.4, -0.2) is 58.6 Å². The molecule has 0 unspecified atom stereocenters. The Morgan fingerprint density at radius 1 is 1.16 bits per heavy atom. The normalized spacial score (nSPS) is 21.6. The third-order valence-electron chi connectivity index (χ3n) is 2.65. The summed E-state index contributed by atoms with van der Waals surface area (Å²) < 4.78 is 39.2. The van der Waals surface area contributed by atoms with Crippen LogP contribution in [0.1, 0.15) is 6.42 Å². The van der Waals surface area contributed by atoms with Gasteiger partial charge in [0.1, 0.15) is 6.10 Å². The van der Waals surface area contributed by atoms with E-state index in [0.29, 0.717) is 32.8 Å². The van der Waals surface area contributed by atoms with Gasteiger partial charge in [0.15, 0.2) is 9.84 Å². The zero-order chi connectivity index (χ0) is 14.1. The van der Waals surface area contributed by atoms with Gasteiger partial charge in [-0.1, -0.05) is 12.2 Å². The van der Waals surface area contributed by atoms with Crippen LogP contribution in [0.15, 0.2) is 25.3 Å².